The number of hydrogen-bond donors (Lipinski definition) is 1. The minimum atomic E-state index is -3.25. The predicted octanol–water partition coefficient (Wildman–Crippen LogP) is 0.897. The maximum absolute atomic E-state index is 12.3. The Hall–Kier alpha value is -2.19. The lowest BCUT2D eigenvalue weighted by Crippen LogP contribution is -2.29. The van der Waals surface area contributed by atoms with Crippen molar-refractivity contribution < 1.29 is 13.2 Å². The van der Waals surface area contributed by atoms with Crippen molar-refractivity contribution in [3.05, 3.63) is 47.8 Å². The number of benzene rings is 1. The molecule has 1 amide bonds. The van der Waals surface area contributed by atoms with E-state index in [1.165, 1.54) is 17.1 Å². The molecule has 1 aliphatic rings. The second kappa shape index (κ2) is 6.13. The van der Waals surface area contributed by atoms with Gasteiger partial charge in [-0.1, -0.05) is 12.1 Å². The van der Waals surface area contributed by atoms with Crippen LogP contribution in [0.5, 0.6) is 0 Å². The summed E-state index contributed by atoms with van der Waals surface area (Å²) in [6.45, 7) is 1.23. The van der Waals surface area contributed by atoms with Gasteiger partial charge in [0.25, 0.3) is 5.91 Å². The van der Waals surface area contributed by atoms with Crippen LogP contribution in [0.1, 0.15) is 28.8 Å². The summed E-state index contributed by atoms with van der Waals surface area (Å²) in [7, 11) is -3.25. The van der Waals surface area contributed by atoms with E-state index in [0.29, 0.717) is 18.7 Å². The highest BCUT2D eigenvalue weighted by atomic mass is 32.2. The molecule has 23 heavy (non-hydrogen) atoms. The van der Waals surface area contributed by atoms with Crippen molar-refractivity contribution in [2.75, 3.05) is 13.1 Å². The largest absolute Gasteiger partial charge is 0.366 e. The quantitative estimate of drug-likeness (QED) is 0.878. The third-order valence-corrected chi connectivity index (χ3v) is 5.73. The van der Waals surface area contributed by atoms with Crippen LogP contribution in [-0.4, -0.2) is 41.5 Å². The molecule has 7 nitrogen and oxygen atoms in total. The molecule has 3 rings (SSSR count). The molecule has 0 atom stereocenters. The van der Waals surface area contributed by atoms with Crippen LogP contribution in [0.4, 0.5) is 0 Å². The van der Waals surface area contributed by atoms with Crippen LogP contribution in [0.3, 0.4) is 0 Å². The first-order valence-corrected chi connectivity index (χ1v) is 8.98. The van der Waals surface area contributed by atoms with Gasteiger partial charge in [0.05, 0.1) is 23.2 Å². The first-order chi connectivity index (χ1) is 11.0. The van der Waals surface area contributed by atoms with Crippen molar-refractivity contribution in [2.45, 2.75) is 18.6 Å². The third kappa shape index (κ3) is 3.43. The van der Waals surface area contributed by atoms with Crippen molar-refractivity contribution >= 4 is 15.9 Å². The molecule has 8 heteroatoms. The fourth-order valence-electron chi connectivity index (χ4n) is 2.60. The molecule has 0 unspecified atom stereocenters. The molecule has 2 N–H and O–H groups in total. The molecule has 1 saturated heterocycles. The second-order valence-corrected chi connectivity index (χ2v) is 7.54. The van der Waals surface area contributed by atoms with E-state index in [-0.39, 0.29) is 5.75 Å². The lowest BCUT2D eigenvalue weighted by Gasteiger charge is -2.15. The molecular formula is C15H18N4O3S. The van der Waals surface area contributed by atoms with Crippen molar-refractivity contribution in [3.63, 3.8) is 0 Å². The van der Waals surface area contributed by atoms with Crippen LogP contribution in [0.2, 0.25) is 0 Å². The van der Waals surface area contributed by atoms with Gasteiger partial charge >= 0.3 is 0 Å². The molecule has 122 valence electrons. The topological polar surface area (TPSA) is 98.3 Å². The molecule has 1 aliphatic heterocycles. The first kappa shape index (κ1) is 15.7. The molecule has 2 heterocycles. The van der Waals surface area contributed by atoms with Crippen molar-refractivity contribution in [2.24, 2.45) is 5.73 Å². The normalized spacial score (nSPS) is 15.8. The van der Waals surface area contributed by atoms with E-state index < -0.39 is 15.9 Å². The molecule has 0 radical (unpaired) electrons. The van der Waals surface area contributed by atoms with Gasteiger partial charge in [-0.3, -0.25) is 4.79 Å². The first-order valence-electron chi connectivity index (χ1n) is 7.37. The monoisotopic (exact) mass is 334 g/mol. The van der Waals surface area contributed by atoms with Crippen LogP contribution >= 0.6 is 0 Å². The summed E-state index contributed by atoms with van der Waals surface area (Å²) in [6, 6.07) is 7.06. The van der Waals surface area contributed by atoms with Gasteiger partial charge in [0, 0.05) is 19.3 Å². The molecule has 2 aromatic rings. The van der Waals surface area contributed by atoms with Gasteiger partial charge in [-0.05, 0) is 30.5 Å². The van der Waals surface area contributed by atoms with E-state index in [1.807, 2.05) is 0 Å². The minimum Gasteiger partial charge on any atom is -0.366 e. The molecule has 1 fully saturated rings. The molecule has 0 aliphatic carbocycles. The minimum absolute atomic E-state index is 0.00107. The standard InChI is InChI=1S/C15H18N4O3S/c16-15(20)13-9-17-19(10-13)14-5-3-12(4-6-14)11-23(21,22)18-7-1-2-8-18/h3-6,9-10H,1-2,7-8,11H2,(H2,16,20). The molecule has 1 aromatic heterocycles. The predicted molar refractivity (Wildman–Crippen MR) is 85.5 cm³/mol. The Bertz CT molecular complexity index is 806. The van der Waals surface area contributed by atoms with Gasteiger partial charge in [0.15, 0.2) is 0 Å². The summed E-state index contributed by atoms with van der Waals surface area (Å²) >= 11 is 0. The summed E-state index contributed by atoms with van der Waals surface area (Å²) in [4.78, 5) is 11.1. The smallest absolute Gasteiger partial charge is 0.251 e. The highest BCUT2D eigenvalue weighted by molar-refractivity contribution is 7.88. The van der Waals surface area contributed by atoms with Crippen LogP contribution in [-0.2, 0) is 15.8 Å². The number of primary amides is 1. The van der Waals surface area contributed by atoms with E-state index in [2.05, 4.69) is 5.10 Å². The lowest BCUT2D eigenvalue weighted by atomic mass is 10.2. The van der Waals surface area contributed by atoms with Gasteiger partial charge in [0.2, 0.25) is 10.0 Å². The Labute approximate surface area is 134 Å². The Morgan fingerprint density at radius 3 is 2.39 bits per heavy atom. The number of rotatable bonds is 5. The van der Waals surface area contributed by atoms with Crippen molar-refractivity contribution in [1.29, 1.82) is 0 Å². The van der Waals surface area contributed by atoms with E-state index in [9.17, 15) is 13.2 Å². The highest BCUT2D eigenvalue weighted by Crippen LogP contribution is 2.18. The zero-order valence-corrected chi connectivity index (χ0v) is 13.4. The van der Waals surface area contributed by atoms with E-state index in [1.54, 1.807) is 28.6 Å². The maximum atomic E-state index is 12.3. The number of aromatic nitrogens is 2. The maximum Gasteiger partial charge on any atom is 0.251 e. The number of amides is 1. The Morgan fingerprint density at radius 1 is 1.17 bits per heavy atom. The lowest BCUT2D eigenvalue weighted by molar-refractivity contribution is 0.100. The van der Waals surface area contributed by atoms with Crippen LogP contribution in [0.25, 0.3) is 5.69 Å². The van der Waals surface area contributed by atoms with Gasteiger partial charge in [0.1, 0.15) is 0 Å². The van der Waals surface area contributed by atoms with Gasteiger partial charge in [-0.15, -0.1) is 0 Å². The average molecular weight is 334 g/mol. The number of nitrogens with zero attached hydrogens (tertiary/aromatic N) is 3. The number of hydrogen-bond acceptors (Lipinski definition) is 4. The zero-order valence-electron chi connectivity index (χ0n) is 12.6. The fourth-order valence-corrected chi connectivity index (χ4v) is 4.22. The van der Waals surface area contributed by atoms with Gasteiger partial charge in [-0.25, -0.2) is 17.4 Å². The zero-order chi connectivity index (χ0) is 16.4. The second-order valence-electron chi connectivity index (χ2n) is 5.57. The molecule has 1 aromatic carbocycles. The van der Waals surface area contributed by atoms with Gasteiger partial charge in [-0.2, -0.15) is 5.10 Å². The Kier molecular flexibility index (Phi) is 4.18. The van der Waals surface area contributed by atoms with Gasteiger partial charge < -0.3 is 5.73 Å². The van der Waals surface area contributed by atoms with Crippen LogP contribution in [0, 0.1) is 0 Å². The SMILES string of the molecule is NC(=O)c1cnn(-c2ccc(CS(=O)(=O)N3CCCC3)cc2)c1. The summed E-state index contributed by atoms with van der Waals surface area (Å²) in [6.07, 6.45) is 4.80. The van der Waals surface area contributed by atoms with Crippen molar-refractivity contribution in [3.8, 4) is 5.69 Å². The summed E-state index contributed by atoms with van der Waals surface area (Å²) in [5, 5.41) is 4.06. The average Bonchev–Trinajstić information content (AvgIpc) is 3.20. The number of carbonyl (C=O) groups excluding carboxylic acids is 1. The number of nitrogens with two attached hydrogens (primary N) is 1. The summed E-state index contributed by atoms with van der Waals surface area (Å²) in [5.74, 6) is -0.538. The Balaban J connectivity index is 1.75. The van der Waals surface area contributed by atoms with E-state index >= 15 is 0 Å². The number of sulfonamides is 1. The molecule has 0 spiro atoms. The molecule has 0 bridgehead atoms. The molecule has 0 saturated carbocycles. The highest BCUT2D eigenvalue weighted by Gasteiger charge is 2.25. The Morgan fingerprint density at radius 2 is 1.83 bits per heavy atom. The van der Waals surface area contributed by atoms with E-state index in [4.69, 9.17) is 5.73 Å². The third-order valence-electron chi connectivity index (χ3n) is 3.88. The van der Waals surface area contributed by atoms with Crippen molar-refractivity contribution in [1.82, 2.24) is 14.1 Å². The summed E-state index contributed by atoms with van der Waals surface area (Å²) in [5.41, 5.74) is 6.98. The summed E-state index contributed by atoms with van der Waals surface area (Å²) < 4.78 is 27.7. The van der Waals surface area contributed by atoms with Crippen LogP contribution in [0.15, 0.2) is 36.7 Å². The fraction of sp³-hybridized carbons (Fsp3) is 0.333. The van der Waals surface area contributed by atoms with E-state index in [0.717, 1.165) is 24.1 Å². The number of carbonyl (C=O) groups is 1. The van der Waals surface area contributed by atoms with Crippen LogP contribution < -0.4 is 5.73 Å². The molecular weight excluding hydrogens is 316 g/mol.